The third-order valence-electron chi connectivity index (χ3n) is 4.96. The monoisotopic (exact) mass is 286 g/mol. The van der Waals surface area contributed by atoms with Gasteiger partial charge in [-0.25, -0.2) is 0 Å². The number of fused-ring (bicyclic) bond motifs is 2. The van der Waals surface area contributed by atoms with Crippen LogP contribution in [0.2, 0.25) is 0 Å². The summed E-state index contributed by atoms with van der Waals surface area (Å²) >= 11 is 0. The molecule has 3 rings (SSSR count). The molecule has 3 atom stereocenters. The van der Waals surface area contributed by atoms with Crippen molar-refractivity contribution in [1.82, 2.24) is 10.2 Å². The van der Waals surface area contributed by atoms with E-state index in [0.717, 1.165) is 19.4 Å². The van der Waals surface area contributed by atoms with Crippen molar-refractivity contribution in [1.29, 1.82) is 0 Å². The number of benzene rings is 1. The third-order valence-corrected chi connectivity index (χ3v) is 4.96. The van der Waals surface area contributed by atoms with E-state index in [0.29, 0.717) is 18.1 Å². The number of piperidine rings is 1. The number of nitrogens with one attached hydrogen (secondary N) is 1. The highest BCUT2D eigenvalue weighted by Crippen LogP contribution is 2.36. The van der Waals surface area contributed by atoms with Crippen LogP contribution in [0, 0.1) is 5.92 Å². The molecule has 0 spiro atoms. The molecular formula is C18H26N2O. The number of carbonyl (C=O) groups excluding carboxylic acids is 1. The summed E-state index contributed by atoms with van der Waals surface area (Å²) < 4.78 is 0. The van der Waals surface area contributed by atoms with E-state index in [1.165, 1.54) is 18.4 Å². The van der Waals surface area contributed by atoms with Gasteiger partial charge in [-0.1, -0.05) is 44.2 Å². The topological polar surface area (TPSA) is 32.3 Å². The Labute approximate surface area is 127 Å². The van der Waals surface area contributed by atoms with E-state index < -0.39 is 0 Å². The number of hydrogen-bond donors (Lipinski definition) is 1. The molecule has 3 heteroatoms. The van der Waals surface area contributed by atoms with Gasteiger partial charge in [-0.15, -0.1) is 0 Å². The van der Waals surface area contributed by atoms with Crippen molar-refractivity contribution in [2.24, 2.45) is 5.92 Å². The summed E-state index contributed by atoms with van der Waals surface area (Å²) in [5.41, 5.74) is 1.40. The molecule has 3 nitrogen and oxygen atoms in total. The van der Waals surface area contributed by atoms with Gasteiger partial charge >= 0.3 is 0 Å². The van der Waals surface area contributed by atoms with Crippen molar-refractivity contribution >= 4 is 5.91 Å². The Kier molecular flexibility index (Phi) is 4.29. The lowest BCUT2D eigenvalue weighted by atomic mass is 9.96. The molecule has 2 saturated heterocycles. The zero-order chi connectivity index (χ0) is 14.8. The number of nitrogens with zero attached hydrogens (tertiary/aromatic N) is 1. The molecule has 2 bridgehead atoms. The Morgan fingerprint density at radius 1 is 1.19 bits per heavy atom. The molecule has 2 fully saturated rings. The Bertz CT molecular complexity index is 471. The minimum absolute atomic E-state index is 0.0880. The van der Waals surface area contributed by atoms with Gasteiger partial charge in [0.15, 0.2) is 0 Å². The van der Waals surface area contributed by atoms with Gasteiger partial charge in [-0.2, -0.15) is 0 Å². The fourth-order valence-electron chi connectivity index (χ4n) is 3.81. The van der Waals surface area contributed by atoms with Crippen LogP contribution in [0.1, 0.15) is 45.1 Å². The van der Waals surface area contributed by atoms with Crippen LogP contribution in [-0.2, 0) is 11.3 Å². The summed E-state index contributed by atoms with van der Waals surface area (Å²) in [6.07, 6.45) is 4.79. The van der Waals surface area contributed by atoms with E-state index in [1.807, 2.05) is 13.8 Å². The van der Waals surface area contributed by atoms with Gasteiger partial charge in [0.2, 0.25) is 5.91 Å². The van der Waals surface area contributed by atoms with Crippen LogP contribution in [0.15, 0.2) is 30.3 Å². The molecule has 0 aliphatic carbocycles. The molecular weight excluding hydrogens is 260 g/mol. The van der Waals surface area contributed by atoms with Crippen LogP contribution < -0.4 is 5.32 Å². The zero-order valence-corrected chi connectivity index (χ0v) is 13.1. The largest absolute Gasteiger partial charge is 0.353 e. The number of hydrogen-bond acceptors (Lipinski definition) is 2. The Morgan fingerprint density at radius 2 is 1.81 bits per heavy atom. The van der Waals surface area contributed by atoms with Crippen molar-refractivity contribution in [3.8, 4) is 0 Å². The molecule has 0 aromatic heterocycles. The fraction of sp³-hybridized carbons (Fsp3) is 0.611. The molecule has 1 N–H and O–H groups in total. The van der Waals surface area contributed by atoms with Gasteiger partial charge in [0.1, 0.15) is 0 Å². The van der Waals surface area contributed by atoms with Crippen LogP contribution in [0.3, 0.4) is 0 Å². The summed E-state index contributed by atoms with van der Waals surface area (Å²) in [4.78, 5) is 14.6. The molecule has 21 heavy (non-hydrogen) atoms. The highest BCUT2D eigenvalue weighted by Gasteiger charge is 2.40. The van der Waals surface area contributed by atoms with Crippen molar-refractivity contribution in [3.63, 3.8) is 0 Å². The average molecular weight is 286 g/mol. The van der Waals surface area contributed by atoms with Crippen LogP contribution in [0.4, 0.5) is 0 Å². The minimum Gasteiger partial charge on any atom is -0.353 e. The Morgan fingerprint density at radius 3 is 2.38 bits per heavy atom. The molecule has 2 aliphatic rings. The highest BCUT2D eigenvalue weighted by atomic mass is 16.1. The third kappa shape index (κ3) is 3.29. The number of rotatable bonds is 4. The number of carbonyl (C=O) groups is 1. The van der Waals surface area contributed by atoms with E-state index in [4.69, 9.17) is 0 Å². The van der Waals surface area contributed by atoms with Gasteiger partial charge in [0.25, 0.3) is 0 Å². The molecule has 114 valence electrons. The van der Waals surface area contributed by atoms with E-state index in [9.17, 15) is 4.79 Å². The quantitative estimate of drug-likeness (QED) is 0.923. The van der Waals surface area contributed by atoms with Gasteiger partial charge in [0.05, 0.1) is 0 Å². The molecule has 1 aromatic carbocycles. The molecule has 2 heterocycles. The summed E-state index contributed by atoms with van der Waals surface area (Å²) in [6.45, 7) is 4.99. The van der Waals surface area contributed by atoms with Crippen LogP contribution in [0.25, 0.3) is 0 Å². The first-order valence-electron chi connectivity index (χ1n) is 8.23. The average Bonchev–Trinajstić information content (AvgIpc) is 2.71. The van der Waals surface area contributed by atoms with Gasteiger partial charge in [-0.05, 0) is 31.2 Å². The van der Waals surface area contributed by atoms with Gasteiger partial charge in [-0.3, -0.25) is 9.69 Å². The molecule has 1 amide bonds. The highest BCUT2D eigenvalue weighted by molar-refractivity contribution is 5.78. The molecule has 0 radical (unpaired) electrons. The van der Waals surface area contributed by atoms with Gasteiger partial charge < -0.3 is 5.32 Å². The van der Waals surface area contributed by atoms with E-state index in [2.05, 4.69) is 40.5 Å². The fourth-order valence-corrected chi connectivity index (χ4v) is 3.81. The van der Waals surface area contributed by atoms with E-state index in [1.54, 1.807) is 0 Å². The lowest BCUT2D eigenvalue weighted by Crippen LogP contribution is -2.50. The van der Waals surface area contributed by atoms with E-state index >= 15 is 0 Å². The standard InChI is InChI=1S/C18H26N2O/c1-13(2)18(21)19-15-10-16-8-9-17(11-15)20(16)12-14-6-4-3-5-7-14/h3-7,13,15-17H,8-12H2,1-2H3,(H,19,21)/t15-,16-,17+. The van der Waals surface area contributed by atoms with Crippen molar-refractivity contribution in [2.45, 2.75) is 64.2 Å². The summed E-state index contributed by atoms with van der Waals surface area (Å²) in [5, 5.41) is 3.24. The second-order valence-electron chi connectivity index (χ2n) is 6.87. The molecule has 2 aliphatic heterocycles. The van der Waals surface area contributed by atoms with Crippen molar-refractivity contribution in [3.05, 3.63) is 35.9 Å². The lowest BCUT2D eigenvalue weighted by molar-refractivity contribution is -0.125. The Balaban J connectivity index is 1.61. The van der Waals surface area contributed by atoms with Crippen LogP contribution in [0.5, 0.6) is 0 Å². The molecule has 0 unspecified atom stereocenters. The summed E-state index contributed by atoms with van der Waals surface area (Å²) in [7, 11) is 0. The SMILES string of the molecule is CC(C)C(=O)N[C@@H]1C[C@H]2CC[C@@H](C1)N2Cc1ccccc1. The van der Waals surface area contributed by atoms with Crippen LogP contribution >= 0.6 is 0 Å². The maximum Gasteiger partial charge on any atom is 0.222 e. The normalized spacial score (nSPS) is 28.8. The molecule has 0 saturated carbocycles. The minimum atomic E-state index is 0.0880. The lowest BCUT2D eigenvalue weighted by Gasteiger charge is -2.39. The summed E-state index contributed by atoms with van der Waals surface area (Å²) in [6, 6.07) is 12.4. The summed E-state index contributed by atoms with van der Waals surface area (Å²) in [5.74, 6) is 0.293. The van der Waals surface area contributed by atoms with E-state index in [-0.39, 0.29) is 11.8 Å². The second kappa shape index (κ2) is 6.18. The predicted octanol–water partition coefficient (Wildman–Crippen LogP) is 2.95. The predicted molar refractivity (Wildman–Crippen MR) is 84.8 cm³/mol. The van der Waals surface area contributed by atoms with Crippen molar-refractivity contribution in [2.75, 3.05) is 0 Å². The number of amides is 1. The van der Waals surface area contributed by atoms with Gasteiger partial charge in [0, 0.05) is 30.6 Å². The zero-order valence-electron chi connectivity index (χ0n) is 13.1. The smallest absolute Gasteiger partial charge is 0.222 e. The maximum atomic E-state index is 11.9. The maximum absolute atomic E-state index is 11.9. The first kappa shape index (κ1) is 14.6. The van der Waals surface area contributed by atoms with Crippen molar-refractivity contribution < 1.29 is 4.79 Å². The second-order valence-corrected chi connectivity index (χ2v) is 6.87. The first-order chi connectivity index (χ1) is 10.1. The first-order valence-corrected chi connectivity index (χ1v) is 8.23. The Hall–Kier alpha value is -1.35. The molecule has 1 aromatic rings. The van der Waals surface area contributed by atoms with Crippen LogP contribution in [-0.4, -0.2) is 28.9 Å².